The number of imidazole rings is 1. The van der Waals surface area contributed by atoms with Crippen LogP contribution in [-0.2, 0) is 0 Å². The fourth-order valence-electron chi connectivity index (χ4n) is 3.21. The van der Waals surface area contributed by atoms with Crippen molar-refractivity contribution in [3.05, 3.63) is 47.9 Å². The third kappa shape index (κ3) is 2.48. The van der Waals surface area contributed by atoms with E-state index in [1.54, 1.807) is 10.7 Å². The van der Waals surface area contributed by atoms with Crippen LogP contribution in [0.1, 0.15) is 47.2 Å². The van der Waals surface area contributed by atoms with Gasteiger partial charge in [-0.1, -0.05) is 0 Å². The van der Waals surface area contributed by atoms with Crippen LogP contribution in [0.4, 0.5) is 0 Å². The Morgan fingerprint density at radius 3 is 3.13 bits per heavy atom. The Labute approximate surface area is 133 Å². The van der Waals surface area contributed by atoms with Gasteiger partial charge < -0.3 is 9.88 Å². The van der Waals surface area contributed by atoms with E-state index in [0.29, 0.717) is 5.69 Å². The predicted octanol–water partition coefficient (Wildman–Crippen LogP) is 2.13. The van der Waals surface area contributed by atoms with E-state index < -0.39 is 0 Å². The molecule has 7 heteroatoms. The Morgan fingerprint density at radius 2 is 2.30 bits per heavy atom. The van der Waals surface area contributed by atoms with Crippen LogP contribution in [0.2, 0.25) is 0 Å². The van der Waals surface area contributed by atoms with E-state index in [1.807, 2.05) is 30.2 Å². The molecule has 0 saturated carbocycles. The molecule has 0 radical (unpaired) electrons. The van der Waals surface area contributed by atoms with Crippen molar-refractivity contribution in [2.75, 3.05) is 6.54 Å². The van der Waals surface area contributed by atoms with E-state index in [-0.39, 0.29) is 11.9 Å². The number of carbonyl (C=O) groups is 1. The van der Waals surface area contributed by atoms with Gasteiger partial charge in [-0.05, 0) is 32.3 Å². The summed E-state index contributed by atoms with van der Waals surface area (Å²) in [7, 11) is 0. The molecular formula is C16H18N6O. The summed E-state index contributed by atoms with van der Waals surface area (Å²) in [4.78, 5) is 26.2. The van der Waals surface area contributed by atoms with Crippen LogP contribution in [0.3, 0.4) is 0 Å². The minimum Gasteiger partial charge on any atom is -0.341 e. The number of likely N-dealkylation sites (tertiary alicyclic amines) is 1. The maximum Gasteiger partial charge on any atom is 0.272 e. The SMILES string of the molecule is Cc1cc2nc(C3CCCCN3C(=O)c3cnc[nH]3)ccn2n1. The molecule has 0 aromatic carbocycles. The van der Waals surface area contributed by atoms with E-state index in [0.717, 1.165) is 42.8 Å². The number of hydrogen-bond donors (Lipinski definition) is 1. The van der Waals surface area contributed by atoms with Gasteiger partial charge in [0.15, 0.2) is 5.65 Å². The maximum absolute atomic E-state index is 12.7. The second-order valence-corrected chi connectivity index (χ2v) is 5.92. The minimum absolute atomic E-state index is 0.000226. The van der Waals surface area contributed by atoms with Crippen LogP contribution in [0, 0.1) is 6.92 Å². The molecule has 0 aliphatic carbocycles. The Hall–Kier alpha value is -2.70. The summed E-state index contributed by atoms with van der Waals surface area (Å²) < 4.78 is 1.77. The second-order valence-electron chi connectivity index (χ2n) is 5.92. The number of amides is 1. The molecule has 1 aliphatic heterocycles. The van der Waals surface area contributed by atoms with Gasteiger partial charge in [0.25, 0.3) is 5.91 Å². The number of nitrogens with zero attached hydrogens (tertiary/aromatic N) is 5. The molecule has 3 aromatic rings. The highest BCUT2D eigenvalue weighted by molar-refractivity contribution is 5.92. The van der Waals surface area contributed by atoms with Crippen LogP contribution >= 0.6 is 0 Å². The topological polar surface area (TPSA) is 79.2 Å². The number of aromatic amines is 1. The van der Waals surface area contributed by atoms with Gasteiger partial charge in [0.1, 0.15) is 5.69 Å². The van der Waals surface area contributed by atoms with Crippen LogP contribution < -0.4 is 0 Å². The predicted molar refractivity (Wildman–Crippen MR) is 83.9 cm³/mol. The van der Waals surface area contributed by atoms with Crippen molar-refractivity contribution in [3.63, 3.8) is 0 Å². The summed E-state index contributed by atoms with van der Waals surface area (Å²) in [5.41, 5.74) is 3.20. The lowest BCUT2D eigenvalue weighted by molar-refractivity contribution is 0.0600. The number of aromatic nitrogens is 5. The minimum atomic E-state index is -0.0152. The largest absolute Gasteiger partial charge is 0.341 e. The zero-order valence-electron chi connectivity index (χ0n) is 12.9. The number of aryl methyl sites for hydroxylation is 1. The number of nitrogens with one attached hydrogen (secondary N) is 1. The van der Waals surface area contributed by atoms with E-state index in [9.17, 15) is 4.79 Å². The Morgan fingerprint density at radius 1 is 1.39 bits per heavy atom. The van der Waals surface area contributed by atoms with Crippen LogP contribution in [0.25, 0.3) is 5.65 Å². The monoisotopic (exact) mass is 310 g/mol. The van der Waals surface area contributed by atoms with Crippen molar-refractivity contribution in [3.8, 4) is 0 Å². The Bertz CT molecular complexity index is 838. The summed E-state index contributed by atoms with van der Waals surface area (Å²) in [5.74, 6) is -0.0152. The number of H-pyrrole nitrogens is 1. The molecule has 4 rings (SSSR count). The molecular weight excluding hydrogens is 292 g/mol. The standard InChI is InChI=1S/C16H18N6O/c1-11-8-15-19-12(5-7-22(15)20-11)14-4-2-3-6-21(14)16(23)13-9-17-10-18-13/h5,7-10,14H,2-4,6H2,1H3,(H,17,18). The van der Waals surface area contributed by atoms with E-state index in [1.165, 1.54) is 6.33 Å². The summed E-state index contributed by atoms with van der Waals surface area (Å²) in [5, 5.41) is 4.35. The van der Waals surface area contributed by atoms with Gasteiger partial charge >= 0.3 is 0 Å². The van der Waals surface area contributed by atoms with Crippen molar-refractivity contribution in [2.45, 2.75) is 32.2 Å². The molecule has 1 saturated heterocycles. The molecule has 1 amide bonds. The lowest BCUT2D eigenvalue weighted by atomic mass is 9.98. The normalized spacial score (nSPS) is 18.5. The van der Waals surface area contributed by atoms with Crippen molar-refractivity contribution < 1.29 is 4.79 Å². The maximum atomic E-state index is 12.7. The van der Waals surface area contributed by atoms with Gasteiger partial charge in [-0.2, -0.15) is 5.10 Å². The van der Waals surface area contributed by atoms with Gasteiger partial charge in [0, 0.05) is 18.8 Å². The zero-order chi connectivity index (χ0) is 15.8. The fourth-order valence-corrected chi connectivity index (χ4v) is 3.21. The Balaban J connectivity index is 1.69. The number of fused-ring (bicyclic) bond motifs is 1. The molecule has 4 heterocycles. The molecule has 7 nitrogen and oxygen atoms in total. The molecule has 1 aliphatic rings. The second kappa shape index (κ2) is 5.49. The number of hydrogen-bond acceptors (Lipinski definition) is 4. The highest BCUT2D eigenvalue weighted by Gasteiger charge is 2.30. The van der Waals surface area contributed by atoms with Crippen molar-refractivity contribution in [1.29, 1.82) is 0 Å². The number of carbonyl (C=O) groups excluding carboxylic acids is 1. The first kappa shape index (κ1) is 13.9. The van der Waals surface area contributed by atoms with Crippen LogP contribution in [-0.4, -0.2) is 41.9 Å². The smallest absolute Gasteiger partial charge is 0.272 e. The van der Waals surface area contributed by atoms with Gasteiger partial charge in [-0.25, -0.2) is 14.5 Å². The number of piperidine rings is 1. The van der Waals surface area contributed by atoms with E-state index in [4.69, 9.17) is 4.98 Å². The van der Waals surface area contributed by atoms with Crippen LogP contribution in [0.15, 0.2) is 30.9 Å². The van der Waals surface area contributed by atoms with Gasteiger partial charge in [0.05, 0.1) is 30.0 Å². The summed E-state index contributed by atoms with van der Waals surface area (Å²) in [6.45, 7) is 2.69. The summed E-state index contributed by atoms with van der Waals surface area (Å²) >= 11 is 0. The molecule has 23 heavy (non-hydrogen) atoms. The lowest BCUT2D eigenvalue weighted by Crippen LogP contribution is -2.39. The van der Waals surface area contributed by atoms with Crippen LogP contribution in [0.5, 0.6) is 0 Å². The van der Waals surface area contributed by atoms with E-state index in [2.05, 4.69) is 15.1 Å². The average molecular weight is 310 g/mol. The van der Waals surface area contributed by atoms with Crippen molar-refractivity contribution in [1.82, 2.24) is 29.5 Å². The highest BCUT2D eigenvalue weighted by atomic mass is 16.2. The lowest BCUT2D eigenvalue weighted by Gasteiger charge is -2.35. The third-order valence-corrected chi connectivity index (χ3v) is 4.30. The molecule has 1 atom stereocenters. The van der Waals surface area contributed by atoms with Crippen molar-refractivity contribution in [2.24, 2.45) is 0 Å². The first-order valence-corrected chi connectivity index (χ1v) is 7.84. The molecule has 0 spiro atoms. The molecule has 1 unspecified atom stereocenters. The molecule has 1 fully saturated rings. The first-order valence-electron chi connectivity index (χ1n) is 7.84. The zero-order valence-corrected chi connectivity index (χ0v) is 12.9. The molecule has 0 bridgehead atoms. The average Bonchev–Trinajstić information content (AvgIpc) is 3.22. The van der Waals surface area contributed by atoms with Gasteiger partial charge in [-0.3, -0.25) is 4.79 Å². The first-order chi connectivity index (χ1) is 11.2. The van der Waals surface area contributed by atoms with E-state index >= 15 is 0 Å². The molecule has 118 valence electrons. The highest BCUT2D eigenvalue weighted by Crippen LogP contribution is 2.31. The molecule has 1 N–H and O–H groups in total. The third-order valence-electron chi connectivity index (χ3n) is 4.30. The number of rotatable bonds is 2. The summed E-state index contributed by atoms with van der Waals surface area (Å²) in [6, 6.07) is 3.91. The quantitative estimate of drug-likeness (QED) is 0.786. The van der Waals surface area contributed by atoms with Gasteiger partial charge in [0.2, 0.25) is 0 Å². The van der Waals surface area contributed by atoms with Crippen molar-refractivity contribution >= 4 is 11.6 Å². The Kier molecular flexibility index (Phi) is 3.33. The fraction of sp³-hybridized carbons (Fsp3) is 0.375. The van der Waals surface area contributed by atoms with Gasteiger partial charge in [-0.15, -0.1) is 0 Å². The summed E-state index contributed by atoms with van der Waals surface area (Å²) in [6.07, 6.45) is 8.07. The molecule has 3 aromatic heterocycles.